The molecule has 2 aromatic carbocycles. The Kier molecular flexibility index (Phi) is 3.11. The maximum Gasteiger partial charge on any atom is 0.308 e. The molecule has 3 heteroatoms. The highest BCUT2D eigenvalue weighted by Crippen LogP contribution is 2.24. The number of ether oxygens (including phenoxy) is 1. The predicted molar refractivity (Wildman–Crippen MR) is 65.9 cm³/mol. The van der Waals surface area contributed by atoms with Crippen molar-refractivity contribution in [2.75, 3.05) is 0 Å². The summed E-state index contributed by atoms with van der Waals surface area (Å²) < 4.78 is 5.01. The van der Waals surface area contributed by atoms with Gasteiger partial charge >= 0.3 is 5.97 Å². The fourth-order valence-corrected chi connectivity index (χ4v) is 1.73. The van der Waals surface area contributed by atoms with Crippen LogP contribution in [0.5, 0.6) is 5.75 Å². The van der Waals surface area contributed by atoms with Crippen LogP contribution in [0.4, 0.5) is 0 Å². The molecule has 2 rings (SSSR count). The van der Waals surface area contributed by atoms with Crippen molar-refractivity contribution in [1.29, 1.82) is 0 Å². The van der Waals surface area contributed by atoms with Gasteiger partial charge in [0.2, 0.25) is 0 Å². The lowest BCUT2D eigenvalue weighted by Gasteiger charge is -2.07. The van der Waals surface area contributed by atoms with E-state index >= 15 is 0 Å². The molecule has 0 saturated carbocycles. The van der Waals surface area contributed by atoms with Gasteiger partial charge in [0.25, 0.3) is 0 Å². The highest BCUT2D eigenvalue weighted by atomic mass is 16.5. The molecule has 2 aromatic rings. The number of carbonyl (C=O) groups excluding carboxylic acids is 1. The molecule has 0 aromatic heterocycles. The van der Waals surface area contributed by atoms with Gasteiger partial charge in [-0.05, 0) is 41.5 Å². The van der Waals surface area contributed by atoms with E-state index in [0.29, 0.717) is 5.75 Å². The smallest absolute Gasteiger partial charge is 0.308 e. The van der Waals surface area contributed by atoms with Gasteiger partial charge in [0, 0.05) is 6.92 Å². The first-order valence-corrected chi connectivity index (χ1v) is 5.46. The van der Waals surface area contributed by atoms with Crippen molar-refractivity contribution in [2.45, 2.75) is 20.0 Å². The summed E-state index contributed by atoms with van der Waals surface area (Å²) >= 11 is 0. The molecule has 0 saturated heterocycles. The normalized spacial score (nSPS) is 12.4. The molecule has 0 amide bonds. The Balaban J connectivity index is 2.43. The van der Waals surface area contributed by atoms with E-state index in [4.69, 9.17) is 4.74 Å². The fourth-order valence-electron chi connectivity index (χ4n) is 1.73. The minimum Gasteiger partial charge on any atom is -0.427 e. The molecule has 0 spiro atoms. The van der Waals surface area contributed by atoms with E-state index in [-0.39, 0.29) is 5.97 Å². The summed E-state index contributed by atoms with van der Waals surface area (Å²) in [7, 11) is 0. The predicted octanol–water partition coefficient (Wildman–Crippen LogP) is 2.82. The van der Waals surface area contributed by atoms with Gasteiger partial charge < -0.3 is 9.84 Å². The first-order valence-electron chi connectivity index (χ1n) is 5.46. The molecule has 0 fully saturated rings. The molecule has 3 nitrogen and oxygen atoms in total. The number of hydrogen-bond acceptors (Lipinski definition) is 3. The zero-order chi connectivity index (χ0) is 12.4. The molecular formula is C14H14O3. The molecule has 0 radical (unpaired) electrons. The molecule has 0 aliphatic rings. The van der Waals surface area contributed by atoms with E-state index < -0.39 is 6.10 Å². The number of carbonyl (C=O) groups is 1. The van der Waals surface area contributed by atoms with Crippen molar-refractivity contribution in [3.8, 4) is 5.75 Å². The number of benzene rings is 2. The highest BCUT2D eigenvalue weighted by molar-refractivity contribution is 5.85. The lowest BCUT2D eigenvalue weighted by Crippen LogP contribution is -2.00. The number of aliphatic hydroxyl groups is 1. The summed E-state index contributed by atoms with van der Waals surface area (Å²) in [5.74, 6) is 0.208. The fraction of sp³-hybridized carbons (Fsp3) is 0.214. The maximum atomic E-state index is 10.8. The van der Waals surface area contributed by atoms with Crippen molar-refractivity contribution in [2.24, 2.45) is 0 Å². The zero-order valence-corrected chi connectivity index (χ0v) is 9.81. The maximum absolute atomic E-state index is 10.8. The van der Waals surface area contributed by atoms with E-state index in [1.807, 2.05) is 30.3 Å². The van der Waals surface area contributed by atoms with Gasteiger partial charge in [-0.1, -0.05) is 18.2 Å². The topological polar surface area (TPSA) is 46.5 Å². The SMILES string of the molecule is CC(=O)Oc1ccc2cc(C(C)O)ccc2c1. The Bertz CT molecular complexity index is 558. The van der Waals surface area contributed by atoms with Gasteiger partial charge in [-0.15, -0.1) is 0 Å². The van der Waals surface area contributed by atoms with Crippen molar-refractivity contribution < 1.29 is 14.6 Å². The average molecular weight is 230 g/mol. The lowest BCUT2D eigenvalue weighted by molar-refractivity contribution is -0.131. The first kappa shape index (κ1) is 11.6. The summed E-state index contributed by atoms with van der Waals surface area (Å²) in [5.41, 5.74) is 0.873. The second-order valence-electron chi connectivity index (χ2n) is 4.04. The van der Waals surface area contributed by atoms with Gasteiger partial charge in [-0.2, -0.15) is 0 Å². The van der Waals surface area contributed by atoms with Crippen LogP contribution in [0.2, 0.25) is 0 Å². The van der Waals surface area contributed by atoms with Crippen LogP contribution < -0.4 is 4.74 Å². The molecule has 1 atom stereocenters. The quantitative estimate of drug-likeness (QED) is 0.637. The molecule has 88 valence electrons. The van der Waals surface area contributed by atoms with E-state index in [0.717, 1.165) is 16.3 Å². The van der Waals surface area contributed by atoms with E-state index in [9.17, 15) is 9.90 Å². The van der Waals surface area contributed by atoms with Gasteiger partial charge in [0.05, 0.1) is 6.10 Å². The number of hydrogen-bond donors (Lipinski definition) is 1. The molecule has 0 heterocycles. The van der Waals surface area contributed by atoms with E-state index in [1.54, 1.807) is 13.0 Å². The first-order chi connectivity index (χ1) is 8.06. The average Bonchev–Trinajstić information content (AvgIpc) is 2.27. The second-order valence-corrected chi connectivity index (χ2v) is 4.04. The summed E-state index contributed by atoms with van der Waals surface area (Å²) in [6.07, 6.45) is -0.479. The van der Waals surface area contributed by atoms with Crippen LogP contribution in [0.15, 0.2) is 36.4 Å². The van der Waals surface area contributed by atoms with Crippen molar-refractivity contribution >= 4 is 16.7 Å². The Morgan fingerprint density at radius 3 is 2.47 bits per heavy atom. The summed E-state index contributed by atoms with van der Waals surface area (Å²) in [4.78, 5) is 10.8. The number of aliphatic hydroxyl groups excluding tert-OH is 1. The van der Waals surface area contributed by atoms with Crippen LogP contribution in [0.3, 0.4) is 0 Å². The van der Waals surface area contributed by atoms with Gasteiger partial charge in [-0.25, -0.2) is 0 Å². The van der Waals surface area contributed by atoms with Crippen LogP contribution in [-0.4, -0.2) is 11.1 Å². The highest BCUT2D eigenvalue weighted by Gasteiger charge is 2.04. The Hall–Kier alpha value is -1.87. The van der Waals surface area contributed by atoms with Crippen molar-refractivity contribution in [3.05, 3.63) is 42.0 Å². The summed E-state index contributed by atoms with van der Waals surface area (Å²) in [6.45, 7) is 3.11. The van der Waals surface area contributed by atoms with Crippen LogP contribution in [0.1, 0.15) is 25.5 Å². The number of rotatable bonds is 2. The monoisotopic (exact) mass is 230 g/mol. The molecule has 0 bridgehead atoms. The van der Waals surface area contributed by atoms with E-state index in [2.05, 4.69) is 0 Å². The van der Waals surface area contributed by atoms with Crippen molar-refractivity contribution in [3.63, 3.8) is 0 Å². The zero-order valence-electron chi connectivity index (χ0n) is 9.81. The molecule has 1 unspecified atom stereocenters. The molecule has 17 heavy (non-hydrogen) atoms. The third-order valence-corrected chi connectivity index (χ3v) is 2.58. The third-order valence-electron chi connectivity index (χ3n) is 2.58. The van der Waals surface area contributed by atoms with Gasteiger partial charge in [0.1, 0.15) is 5.75 Å². The van der Waals surface area contributed by atoms with Crippen LogP contribution >= 0.6 is 0 Å². The summed E-state index contributed by atoms with van der Waals surface area (Å²) in [5, 5.41) is 11.5. The van der Waals surface area contributed by atoms with Crippen LogP contribution in [0, 0.1) is 0 Å². The lowest BCUT2D eigenvalue weighted by atomic mass is 10.0. The van der Waals surface area contributed by atoms with Crippen LogP contribution in [-0.2, 0) is 4.79 Å². The minimum atomic E-state index is -0.479. The standard InChI is InChI=1S/C14H14O3/c1-9(15)11-3-4-13-8-14(17-10(2)16)6-5-12(13)7-11/h3-9,15H,1-2H3. The van der Waals surface area contributed by atoms with Crippen LogP contribution in [0.25, 0.3) is 10.8 Å². The van der Waals surface area contributed by atoms with E-state index in [1.165, 1.54) is 6.92 Å². The third kappa shape index (κ3) is 2.63. The number of esters is 1. The minimum absolute atomic E-state index is 0.329. The molecule has 0 aliphatic heterocycles. The molecule has 0 aliphatic carbocycles. The van der Waals surface area contributed by atoms with Gasteiger partial charge in [-0.3, -0.25) is 4.79 Å². The molecule has 1 N–H and O–H groups in total. The largest absolute Gasteiger partial charge is 0.427 e. The molecular weight excluding hydrogens is 216 g/mol. The Morgan fingerprint density at radius 1 is 1.18 bits per heavy atom. The van der Waals surface area contributed by atoms with Gasteiger partial charge in [0.15, 0.2) is 0 Å². The Labute approximate surface area is 99.6 Å². The second kappa shape index (κ2) is 4.55. The summed E-state index contributed by atoms with van der Waals surface area (Å²) in [6, 6.07) is 11.1. The Morgan fingerprint density at radius 2 is 1.82 bits per heavy atom. The number of fused-ring (bicyclic) bond motifs is 1. The van der Waals surface area contributed by atoms with Crippen molar-refractivity contribution in [1.82, 2.24) is 0 Å².